The van der Waals surface area contributed by atoms with Gasteiger partial charge in [0.2, 0.25) is 0 Å². The smallest absolute Gasteiger partial charge is 0.187 e. The summed E-state index contributed by atoms with van der Waals surface area (Å²) in [6.45, 7) is -0.0274. The molecule has 7 heteroatoms. The van der Waals surface area contributed by atoms with Crippen LogP contribution in [0.15, 0.2) is 42.5 Å². The Balaban J connectivity index is 1.70. The first-order valence-corrected chi connectivity index (χ1v) is 8.96. The molecule has 4 rings (SSSR count). The largest absolute Gasteiger partial charge is 0.549 e. The predicted molar refractivity (Wildman–Crippen MR) is 95.4 cm³/mol. The third-order valence-electron chi connectivity index (χ3n) is 5.36. The number of rotatable bonds is 3. The summed E-state index contributed by atoms with van der Waals surface area (Å²) in [7, 11) is 0. The number of carbonyl (C=O) groups is 1. The molecule has 1 spiro atoms. The van der Waals surface area contributed by atoms with Gasteiger partial charge in [0.1, 0.15) is 11.4 Å². The molecule has 2 atom stereocenters. The zero-order valence-corrected chi connectivity index (χ0v) is 14.9. The van der Waals surface area contributed by atoms with Crippen LogP contribution in [0.1, 0.15) is 30.0 Å². The number of ether oxygens (including phenoxy) is 1. The van der Waals surface area contributed by atoms with Crippen molar-refractivity contribution < 1.29 is 28.5 Å². The number of phenols is 1. The topological polar surface area (TPSA) is 72.8 Å². The van der Waals surface area contributed by atoms with Crippen LogP contribution in [0.2, 0.25) is 0 Å². The van der Waals surface area contributed by atoms with E-state index in [1.807, 2.05) is 36.4 Å². The lowest BCUT2D eigenvalue weighted by atomic mass is 9.81. The SMILES string of the molecule is O=C([O-])CN1CCC2(C=Cc3ccccc3O2)CC1c1cc(F)c(O)c(F)c1. The highest BCUT2D eigenvalue weighted by atomic mass is 19.1. The van der Waals surface area contributed by atoms with Gasteiger partial charge in [-0.2, -0.15) is 0 Å². The molecule has 0 radical (unpaired) electrons. The van der Waals surface area contributed by atoms with Crippen molar-refractivity contribution in [3.8, 4) is 11.5 Å². The molecule has 1 saturated heterocycles. The quantitative estimate of drug-likeness (QED) is 0.877. The molecule has 2 heterocycles. The molecule has 2 aliphatic rings. The first kappa shape index (κ1) is 18.4. The van der Waals surface area contributed by atoms with E-state index in [9.17, 15) is 23.8 Å². The first-order chi connectivity index (χ1) is 13.4. The van der Waals surface area contributed by atoms with Crippen molar-refractivity contribution in [3.63, 3.8) is 0 Å². The van der Waals surface area contributed by atoms with Crippen LogP contribution in [0.3, 0.4) is 0 Å². The maximum atomic E-state index is 13.9. The van der Waals surface area contributed by atoms with Gasteiger partial charge in [-0.15, -0.1) is 0 Å². The van der Waals surface area contributed by atoms with Crippen LogP contribution in [-0.2, 0) is 4.79 Å². The van der Waals surface area contributed by atoms with E-state index < -0.39 is 35.0 Å². The summed E-state index contributed by atoms with van der Waals surface area (Å²) in [6, 6.07) is 8.98. The number of benzene rings is 2. The lowest BCUT2D eigenvalue weighted by molar-refractivity contribution is -0.307. The summed E-state index contributed by atoms with van der Waals surface area (Å²) in [5.74, 6) is -3.79. The van der Waals surface area contributed by atoms with Gasteiger partial charge in [0.05, 0.1) is 5.97 Å². The Morgan fingerprint density at radius 2 is 2.00 bits per heavy atom. The number of aromatic hydroxyl groups is 1. The molecular weight excluding hydrogens is 368 g/mol. The Morgan fingerprint density at radius 3 is 2.71 bits per heavy atom. The molecule has 0 aromatic heterocycles. The Labute approximate surface area is 160 Å². The number of halogens is 2. The van der Waals surface area contributed by atoms with Gasteiger partial charge in [-0.05, 0) is 29.8 Å². The van der Waals surface area contributed by atoms with Crippen LogP contribution in [0.25, 0.3) is 6.08 Å². The molecule has 5 nitrogen and oxygen atoms in total. The van der Waals surface area contributed by atoms with Gasteiger partial charge in [0, 0.05) is 37.5 Å². The lowest BCUT2D eigenvalue weighted by Gasteiger charge is -2.46. The molecule has 2 aromatic carbocycles. The van der Waals surface area contributed by atoms with Crippen molar-refractivity contribution in [1.82, 2.24) is 4.90 Å². The fraction of sp³-hybridized carbons (Fsp3) is 0.286. The van der Waals surface area contributed by atoms with Crippen molar-refractivity contribution in [1.29, 1.82) is 0 Å². The fourth-order valence-electron chi connectivity index (χ4n) is 3.96. The van der Waals surface area contributed by atoms with E-state index in [-0.39, 0.29) is 12.1 Å². The summed E-state index contributed by atoms with van der Waals surface area (Å²) in [5.41, 5.74) is 0.458. The molecule has 0 aliphatic carbocycles. The monoisotopic (exact) mass is 386 g/mol. The number of hydrogen-bond acceptors (Lipinski definition) is 5. The second-order valence-electron chi connectivity index (χ2n) is 7.18. The molecule has 28 heavy (non-hydrogen) atoms. The summed E-state index contributed by atoms with van der Waals surface area (Å²) in [4.78, 5) is 12.8. The number of nitrogens with zero attached hydrogens (tertiary/aromatic N) is 1. The number of hydrogen-bond donors (Lipinski definition) is 1. The summed E-state index contributed by atoms with van der Waals surface area (Å²) in [6.07, 6.45) is 4.69. The van der Waals surface area contributed by atoms with Gasteiger partial charge in [-0.1, -0.05) is 24.3 Å². The van der Waals surface area contributed by atoms with Crippen molar-refractivity contribution in [3.05, 3.63) is 65.2 Å². The van der Waals surface area contributed by atoms with Gasteiger partial charge in [0.15, 0.2) is 17.4 Å². The van der Waals surface area contributed by atoms with Crippen molar-refractivity contribution in [2.75, 3.05) is 13.1 Å². The van der Waals surface area contributed by atoms with Gasteiger partial charge in [0.25, 0.3) is 0 Å². The summed E-state index contributed by atoms with van der Waals surface area (Å²) < 4.78 is 34.1. The van der Waals surface area contributed by atoms with E-state index in [4.69, 9.17) is 4.74 Å². The van der Waals surface area contributed by atoms with E-state index in [0.717, 1.165) is 17.7 Å². The second-order valence-corrected chi connectivity index (χ2v) is 7.18. The maximum Gasteiger partial charge on any atom is 0.187 e. The highest BCUT2D eigenvalue weighted by Gasteiger charge is 2.42. The van der Waals surface area contributed by atoms with Crippen LogP contribution < -0.4 is 9.84 Å². The van der Waals surface area contributed by atoms with Crippen LogP contribution in [-0.4, -0.2) is 34.7 Å². The summed E-state index contributed by atoms with van der Waals surface area (Å²) in [5, 5.41) is 20.6. The Hall–Kier alpha value is -2.93. The minimum atomic E-state index is -1.27. The first-order valence-electron chi connectivity index (χ1n) is 8.96. The Morgan fingerprint density at radius 1 is 1.29 bits per heavy atom. The number of fused-ring (bicyclic) bond motifs is 1. The minimum Gasteiger partial charge on any atom is -0.549 e. The van der Waals surface area contributed by atoms with Crippen molar-refractivity contribution in [2.24, 2.45) is 0 Å². The van der Waals surface area contributed by atoms with E-state index >= 15 is 0 Å². The minimum absolute atomic E-state index is 0.240. The molecule has 2 aromatic rings. The van der Waals surface area contributed by atoms with Gasteiger partial charge >= 0.3 is 0 Å². The van der Waals surface area contributed by atoms with Crippen LogP contribution in [0.5, 0.6) is 11.5 Å². The molecule has 146 valence electrons. The highest BCUT2D eigenvalue weighted by Crippen LogP contribution is 2.44. The van der Waals surface area contributed by atoms with Crippen molar-refractivity contribution >= 4 is 12.0 Å². The zero-order chi connectivity index (χ0) is 19.9. The number of aliphatic carboxylic acids is 1. The average Bonchev–Trinajstić information content (AvgIpc) is 2.67. The third-order valence-corrected chi connectivity index (χ3v) is 5.36. The van der Waals surface area contributed by atoms with Gasteiger partial charge < -0.3 is 19.7 Å². The predicted octanol–water partition coefficient (Wildman–Crippen LogP) is 2.40. The lowest BCUT2D eigenvalue weighted by Crippen LogP contribution is -2.51. The van der Waals surface area contributed by atoms with Gasteiger partial charge in [-0.25, -0.2) is 8.78 Å². The van der Waals surface area contributed by atoms with Crippen LogP contribution in [0, 0.1) is 11.6 Å². The number of carboxylic acid groups (broad SMARTS) is 1. The molecule has 1 fully saturated rings. The van der Waals surface area contributed by atoms with Crippen molar-refractivity contribution in [2.45, 2.75) is 24.5 Å². The fourth-order valence-corrected chi connectivity index (χ4v) is 3.96. The van der Waals surface area contributed by atoms with Crippen LogP contribution >= 0.6 is 0 Å². The molecular formula is C21H18F2NO4-. The number of piperidine rings is 1. The van der Waals surface area contributed by atoms with E-state index in [1.54, 1.807) is 4.90 Å². The summed E-state index contributed by atoms with van der Waals surface area (Å²) >= 11 is 0. The van der Waals surface area contributed by atoms with Gasteiger partial charge in [-0.3, -0.25) is 4.90 Å². The molecule has 0 amide bonds. The molecule has 0 saturated carbocycles. The molecule has 1 N–H and O–H groups in total. The van der Waals surface area contributed by atoms with Crippen LogP contribution in [0.4, 0.5) is 8.78 Å². The Bertz CT molecular complexity index is 938. The number of para-hydroxylation sites is 1. The van der Waals surface area contributed by atoms with E-state index in [0.29, 0.717) is 25.1 Å². The third kappa shape index (κ3) is 3.33. The standard InChI is InChI=1S/C21H19F2NO4/c22-15-9-14(10-16(23)20(15)27)17-11-21(7-8-24(17)12-19(25)26)6-5-13-3-1-2-4-18(13)28-21/h1-6,9-10,17,27H,7-8,11-12H2,(H,25,26)/p-1. The average molecular weight is 386 g/mol. The second kappa shape index (κ2) is 6.91. The Kier molecular flexibility index (Phi) is 4.55. The number of phenolic OH excluding ortho intramolecular Hbond substituents is 1. The normalized spacial score (nSPS) is 24.0. The zero-order valence-electron chi connectivity index (χ0n) is 14.9. The molecule has 2 unspecified atom stereocenters. The molecule has 0 bridgehead atoms. The number of likely N-dealkylation sites (tertiary alicyclic amines) is 1. The molecule has 2 aliphatic heterocycles. The maximum absolute atomic E-state index is 13.9. The van der Waals surface area contributed by atoms with E-state index in [1.165, 1.54) is 0 Å². The number of carboxylic acids is 1. The number of carbonyl (C=O) groups excluding carboxylic acids is 1. The highest BCUT2D eigenvalue weighted by molar-refractivity contribution is 5.67. The van der Waals surface area contributed by atoms with E-state index in [2.05, 4.69) is 0 Å².